The molecule has 0 N–H and O–H groups in total. The van der Waals surface area contributed by atoms with E-state index in [1.807, 2.05) is 42.5 Å². The summed E-state index contributed by atoms with van der Waals surface area (Å²) < 4.78 is 26.7. The summed E-state index contributed by atoms with van der Waals surface area (Å²) in [6, 6.07) is 14.9. The van der Waals surface area contributed by atoms with Crippen LogP contribution in [0.5, 0.6) is 0 Å². The van der Waals surface area contributed by atoms with Crippen LogP contribution in [0.25, 0.3) is 0 Å². The van der Waals surface area contributed by atoms with Crippen LogP contribution < -0.4 is 0 Å². The van der Waals surface area contributed by atoms with E-state index in [1.165, 1.54) is 0 Å². The highest BCUT2D eigenvalue weighted by atomic mass is 35.5. The maximum atomic E-state index is 12.6. The Labute approximate surface area is 159 Å². The molecule has 2 aromatic rings. The fourth-order valence-corrected chi connectivity index (χ4v) is 4.77. The van der Waals surface area contributed by atoms with E-state index in [0.29, 0.717) is 36.2 Å². The van der Waals surface area contributed by atoms with Crippen molar-refractivity contribution in [2.75, 3.05) is 26.2 Å². The van der Waals surface area contributed by atoms with Crippen molar-refractivity contribution in [2.24, 2.45) is 0 Å². The molecule has 7 heteroatoms. The van der Waals surface area contributed by atoms with Gasteiger partial charge in [-0.15, -0.1) is 0 Å². The van der Waals surface area contributed by atoms with Gasteiger partial charge in [-0.3, -0.25) is 4.90 Å². The lowest BCUT2D eigenvalue weighted by Gasteiger charge is -2.34. The molecule has 25 heavy (non-hydrogen) atoms. The molecule has 0 amide bonds. The number of hydrogen-bond donors (Lipinski definition) is 0. The number of rotatable bonds is 5. The average Bonchev–Trinajstić information content (AvgIpc) is 2.59. The summed E-state index contributed by atoms with van der Waals surface area (Å²) in [6.45, 7) is 3.17. The summed E-state index contributed by atoms with van der Waals surface area (Å²) in [5, 5.41) is 1.09. The normalized spacial score (nSPS) is 16.9. The van der Waals surface area contributed by atoms with E-state index in [2.05, 4.69) is 4.90 Å². The molecule has 0 bridgehead atoms. The SMILES string of the molecule is O=S(=O)(Cc1ccccc1)N1CCN(Cc2ccc(Cl)c(Cl)c2)CC1. The van der Waals surface area contributed by atoms with Crippen molar-refractivity contribution in [3.05, 3.63) is 69.7 Å². The van der Waals surface area contributed by atoms with Gasteiger partial charge in [0.15, 0.2) is 0 Å². The number of sulfonamides is 1. The molecule has 4 nitrogen and oxygen atoms in total. The Bertz CT molecular complexity index is 820. The highest BCUT2D eigenvalue weighted by molar-refractivity contribution is 7.88. The highest BCUT2D eigenvalue weighted by Gasteiger charge is 2.27. The van der Waals surface area contributed by atoms with E-state index < -0.39 is 10.0 Å². The Morgan fingerprint density at radius 1 is 0.840 bits per heavy atom. The second kappa shape index (κ2) is 8.06. The summed E-state index contributed by atoms with van der Waals surface area (Å²) in [6.07, 6.45) is 0. The average molecular weight is 399 g/mol. The summed E-state index contributed by atoms with van der Waals surface area (Å²) >= 11 is 12.0. The molecule has 0 aliphatic carbocycles. The topological polar surface area (TPSA) is 40.6 Å². The monoisotopic (exact) mass is 398 g/mol. The molecule has 2 aromatic carbocycles. The summed E-state index contributed by atoms with van der Waals surface area (Å²) in [4.78, 5) is 2.23. The van der Waals surface area contributed by atoms with Crippen LogP contribution in [0.3, 0.4) is 0 Å². The molecule has 0 atom stereocenters. The minimum atomic E-state index is -3.28. The first-order valence-electron chi connectivity index (χ1n) is 8.12. The minimum absolute atomic E-state index is 0.0562. The van der Waals surface area contributed by atoms with E-state index in [1.54, 1.807) is 10.4 Å². The second-order valence-electron chi connectivity index (χ2n) is 6.17. The number of hydrogen-bond acceptors (Lipinski definition) is 3. The summed E-state index contributed by atoms with van der Waals surface area (Å²) in [7, 11) is -3.28. The van der Waals surface area contributed by atoms with Crippen LogP contribution in [0.2, 0.25) is 10.0 Å². The van der Waals surface area contributed by atoms with Gasteiger partial charge in [0.2, 0.25) is 10.0 Å². The Kier molecular flexibility index (Phi) is 6.02. The third kappa shape index (κ3) is 4.96. The van der Waals surface area contributed by atoms with Crippen LogP contribution in [0.15, 0.2) is 48.5 Å². The zero-order valence-electron chi connectivity index (χ0n) is 13.7. The van der Waals surface area contributed by atoms with Crippen molar-refractivity contribution in [2.45, 2.75) is 12.3 Å². The van der Waals surface area contributed by atoms with Crippen molar-refractivity contribution in [1.29, 1.82) is 0 Å². The largest absolute Gasteiger partial charge is 0.296 e. The van der Waals surface area contributed by atoms with Gasteiger partial charge >= 0.3 is 0 Å². The smallest absolute Gasteiger partial charge is 0.218 e. The first kappa shape index (κ1) is 18.7. The lowest BCUT2D eigenvalue weighted by atomic mass is 10.2. The zero-order valence-corrected chi connectivity index (χ0v) is 16.1. The Balaban J connectivity index is 1.56. The van der Waals surface area contributed by atoms with Gasteiger partial charge in [-0.1, -0.05) is 59.6 Å². The summed E-state index contributed by atoms with van der Waals surface area (Å²) in [5.74, 6) is 0.0562. The quantitative estimate of drug-likeness (QED) is 0.771. The number of nitrogens with zero attached hydrogens (tertiary/aromatic N) is 2. The first-order valence-corrected chi connectivity index (χ1v) is 10.5. The van der Waals surface area contributed by atoms with Crippen LogP contribution in [0, 0.1) is 0 Å². The van der Waals surface area contributed by atoms with Gasteiger partial charge < -0.3 is 0 Å². The number of benzene rings is 2. The standard InChI is InChI=1S/C18H20Cl2N2O2S/c19-17-7-6-16(12-18(17)20)13-21-8-10-22(11-9-21)25(23,24)14-15-4-2-1-3-5-15/h1-7,12H,8-11,13-14H2. The van der Waals surface area contributed by atoms with Crippen LogP contribution in [0.1, 0.15) is 11.1 Å². The molecule has 134 valence electrons. The maximum Gasteiger partial charge on any atom is 0.218 e. The molecule has 0 spiro atoms. The molecule has 0 radical (unpaired) electrons. The molecule has 0 unspecified atom stereocenters. The summed E-state index contributed by atoms with van der Waals surface area (Å²) in [5.41, 5.74) is 1.90. The molecule has 1 aliphatic heterocycles. The molecule has 3 rings (SSSR count). The molecule has 0 saturated carbocycles. The van der Waals surface area contributed by atoms with Crippen molar-refractivity contribution in [1.82, 2.24) is 9.21 Å². The minimum Gasteiger partial charge on any atom is -0.296 e. The van der Waals surface area contributed by atoms with Crippen molar-refractivity contribution >= 4 is 33.2 Å². The second-order valence-corrected chi connectivity index (χ2v) is 8.95. The predicted octanol–water partition coefficient (Wildman–Crippen LogP) is 3.64. The molecule has 1 saturated heterocycles. The van der Waals surface area contributed by atoms with Gasteiger partial charge in [0, 0.05) is 32.7 Å². The Morgan fingerprint density at radius 2 is 1.52 bits per heavy atom. The molecular formula is C18H20Cl2N2O2S. The molecule has 1 aliphatic rings. The fourth-order valence-electron chi connectivity index (χ4n) is 2.94. The predicted molar refractivity (Wildman–Crippen MR) is 102 cm³/mol. The van der Waals surface area contributed by atoms with Crippen LogP contribution in [-0.2, 0) is 22.3 Å². The molecule has 1 heterocycles. The van der Waals surface area contributed by atoms with Crippen molar-refractivity contribution < 1.29 is 8.42 Å². The van der Waals surface area contributed by atoms with Crippen LogP contribution >= 0.6 is 23.2 Å². The van der Waals surface area contributed by atoms with Gasteiger partial charge in [0.25, 0.3) is 0 Å². The third-order valence-electron chi connectivity index (χ3n) is 4.31. The number of halogens is 2. The van der Waals surface area contributed by atoms with E-state index >= 15 is 0 Å². The molecular weight excluding hydrogens is 379 g/mol. The van der Waals surface area contributed by atoms with Gasteiger partial charge in [-0.25, -0.2) is 8.42 Å². The van der Waals surface area contributed by atoms with E-state index in [4.69, 9.17) is 23.2 Å². The highest BCUT2D eigenvalue weighted by Crippen LogP contribution is 2.23. The first-order chi connectivity index (χ1) is 11.9. The molecule has 0 aromatic heterocycles. The lowest BCUT2D eigenvalue weighted by Crippen LogP contribution is -2.48. The van der Waals surface area contributed by atoms with E-state index in [0.717, 1.165) is 17.7 Å². The lowest BCUT2D eigenvalue weighted by molar-refractivity contribution is 0.181. The zero-order chi connectivity index (χ0) is 17.9. The maximum absolute atomic E-state index is 12.6. The fraction of sp³-hybridized carbons (Fsp3) is 0.333. The van der Waals surface area contributed by atoms with Crippen molar-refractivity contribution in [3.63, 3.8) is 0 Å². The Morgan fingerprint density at radius 3 is 2.16 bits per heavy atom. The van der Waals surface area contributed by atoms with Gasteiger partial charge in [0.05, 0.1) is 15.8 Å². The van der Waals surface area contributed by atoms with E-state index in [-0.39, 0.29) is 5.75 Å². The van der Waals surface area contributed by atoms with Gasteiger partial charge in [0.1, 0.15) is 0 Å². The van der Waals surface area contributed by atoms with Gasteiger partial charge in [-0.05, 0) is 23.3 Å². The number of piperazine rings is 1. The Hall–Kier alpha value is -1.11. The van der Waals surface area contributed by atoms with Crippen molar-refractivity contribution in [3.8, 4) is 0 Å². The van der Waals surface area contributed by atoms with Gasteiger partial charge in [-0.2, -0.15) is 4.31 Å². The van der Waals surface area contributed by atoms with Crippen LogP contribution in [-0.4, -0.2) is 43.8 Å². The third-order valence-corrected chi connectivity index (χ3v) is 6.90. The molecule has 1 fully saturated rings. The van der Waals surface area contributed by atoms with Crippen LogP contribution in [0.4, 0.5) is 0 Å². The van der Waals surface area contributed by atoms with E-state index in [9.17, 15) is 8.42 Å².